The zero-order chi connectivity index (χ0) is 26.9. The molecule has 1 unspecified atom stereocenters. The highest BCUT2D eigenvalue weighted by molar-refractivity contribution is 6.09. The lowest BCUT2D eigenvalue weighted by Gasteiger charge is -2.19. The topological polar surface area (TPSA) is 40.5 Å². The molecular formula is C34H37NO3. The number of aromatic nitrogens is 1. The summed E-state index contributed by atoms with van der Waals surface area (Å²) in [5, 5.41) is 1.08. The number of allylic oxidation sites excluding steroid dienone is 2. The second kappa shape index (κ2) is 10.5. The van der Waals surface area contributed by atoms with Crippen LogP contribution in [0.15, 0.2) is 78.9 Å². The largest absolute Gasteiger partial charge is 0.497 e. The summed E-state index contributed by atoms with van der Waals surface area (Å²) in [6.45, 7) is 9.36. The fourth-order valence-corrected chi connectivity index (χ4v) is 5.47. The maximum atomic E-state index is 13.6. The molecule has 0 saturated heterocycles. The molecule has 3 aromatic carbocycles. The fourth-order valence-electron chi connectivity index (χ4n) is 5.47. The number of esters is 1. The van der Waals surface area contributed by atoms with Crippen molar-refractivity contribution >= 4 is 16.9 Å². The van der Waals surface area contributed by atoms with Crippen LogP contribution in [-0.4, -0.2) is 24.3 Å². The lowest BCUT2D eigenvalue weighted by atomic mass is 9.86. The van der Waals surface area contributed by atoms with E-state index >= 15 is 0 Å². The van der Waals surface area contributed by atoms with E-state index in [0.717, 1.165) is 46.2 Å². The van der Waals surface area contributed by atoms with Crippen LogP contribution in [0, 0.1) is 0 Å². The number of methoxy groups -OCH3 is 1. The van der Waals surface area contributed by atoms with E-state index < -0.39 is 0 Å². The molecule has 4 nitrogen and oxygen atoms in total. The van der Waals surface area contributed by atoms with Crippen molar-refractivity contribution in [1.82, 2.24) is 4.57 Å². The number of fused-ring (bicyclic) bond motifs is 1. The lowest BCUT2D eigenvalue weighted by molar-refractivity contribution is 0.0516. The van der Waals surface area contributed by atoms with Gasteiger partial charge in [-0.05, 0) is 71.7 Å². The van der Waals surface area contributed by atoms with Crippen LogP contribution in [-0.2, 0) is 16.7 Å². The molecule has 0 bridgehead atoms. The van der Waals surface area contributed by atoms with Gasteiger partial charge in [-0.25, -0.2) is 4.79 Å². The van der Waals surface area contributed by atoms with Crippen molar-refractivity contribution in [2.24, 2.45) is 0 Å². The number of benzene rings is 3. The third-order valence-electron chi connectivity index (χ3n) is 7.51. The number of hydrogen-bond donors (Lipinski definition) is 0. The summed E-state index contributed by atoms with van der Waals surface area (Å²) in [5.74, 6) is 0.900. The first-order valence-corrected chi connectivity index (χ1v) is 13.5. The van der Waals surface area contributed by atoms with Crippen LogP contribution in [0.3, 0.4) is 0 Å². The van der Waals surface area contributed by atoms with Gasteiger partial charge in [0.2, 0.25) is 0 Å². The minimum Gasteiger partial charge on any atom is -0.497 e. The first kappa shape index (κ1) is 25.8. The molecule has 196 valence electrons. The van der Waals surface area contributed by atoms with E-state index in [-0.39, 0.29) is 11.4 Å². The molecule has 5 rings (SSSR count). The summed E-state index contributed by atoms with van der Waals surface area (Å²) < 4.78 is 13.2. The van der Waals surface area contributed by atoms with Crippen LogP contribution in [0.4, 0.5) is 0 Å². The minimum absolute atomic E-state index is 0.0465. The minimum atomic E-state index is -0.302. The van der Waals surface area contributed by atoms with E-state index in [1.807, 2.05) is 25.1 Å². The number of nitrogens with zero attached hydrogens (tertiary/aromatic N) is 1. The lowest BCUT2D eigenvalue weighted by Crippen LogP contribution is -2.14. The van der Waals surface area contributed by atoms with E-state index in [1.54, 1.807) is 7.11 Å². The molecule has 38 heavy (non-hydrogen) atoms. The Bertz CT molecular complexity index is 1480. The summed E-state index contributed by atoms with van der Waals surface area (Å²) in [6, 6.07) is 23.3. The van der Waals surface area contributed by atoms with Crippen LogP contribution in [0.5, 0.6) is 5.75 Å². The Hall–Kier alpha value is -3.79. The van der Waals surface area contributed by atoms with Gasteiger partial charge in [0.15, 0.2) is 0 Å². The Balaban J connectivity index is 1.76. The Labute approximate surface area is 225 Å². The predicted octanol–water partition coefficient (Wildman–Crippen LogP) is 8.27. The van der Waals surface area contributed by atoms with Crippen LogP contribution >= 0.6 is 0 Å². The van der Waals surface area contributed by atoms with Gasteiger partial charge >= 0.3 is 5.97 Å². The van der Waals surface area contributed by atoms with Crippen molar-refractivity contribution in [3.8, 4) is 16.9 Å². The van der Waals surface area contributed by atoms with Crippen LogP contribution in [0.1, 0.15) is 73.6 Å². The van der Waals surface area contributed by atoms with Gasteiger partial charge < -0.3 is 14.0 Å². The van der Waals surface area contributed by atoms with Gasteiger partial charge in [0, 0.05) is 28.9 Å². The zero-order valence-corrected chi connectivity index (χ0v) is 23.1. The molecule has 4 aromatic rings. The second-order valence-corrected chi connectivity index (χ2v) is 11.1. The molecule has 0 saturated carbocycles. The van der Waals surface area contributed by atoms with Crippen LogP contribution < -0.4 is 4.74 Å². The smallest absolute Gasteiger partial charge is 0.355 e. The molecule has 1 aliphatic rings. The number of ether oxygens (including phenoxy) is 2. The second-order valence-electron chi connectivity index (χ2n) is 11.1. The molecule has 0 radical (unpaired) electrons. The van der Waals surface area contributed by atoms with E-state index in [0.29, 0.717) is 24.8 Å². The third kappa shape index (κ3) is 5.00. The van der Waals surface area contributed by atoms with Crippen molar-refractivity contribution < 1.29 is 14.3 Å². The molecule has 0 amide bonds. The molecule has 1 atom stereocenters. The number of rotatable bonds is 7. The van der Waals surface area contributed by atoms with Crippen LogP contribution in [0.25, 0.3) is 22.0 Å². The van der Waals surface area contributed by atoms with Crippen molar-refractivity contribution in [1.29, 1.82) is 0 Å². The number of carbonyl (C=O) groups excluding carboxylic acids is 1. The van der Waals surface area contributed by atoms with E-state index in [9.17, 15) is 4.79 Å². The number of carbonyl (C=O) groups is 1. The molecular weight excluding hydrogens is 470 g/mol. The molecule has 4 heteroatoms. The average Bonchev–Trinajstić information content (AvgIpc) is 3.55. The van der Waals surface area contributed by atoms with E-state index in [4.69, 9.17) is 9.47 Å². The first-order chi connectivity index (χ1) is 18.3. The first-order valence-electron chi connectivity index (χ1n) is 13.5. The van der Waals surface area contributed by atoms with Crippen molar-refractivity contribution in [3.63, 3.8) is 0 Å². The maximum Gasteiger partial charge on any atom is 0.355 e. The normalized spacial score (nSPS) is 15.2. The standard InChI is InChI=1S/C34H37NO3/c1-6-38-33(36)32-31(25-14-17-27(18-15-25)34(2,3)4)29-21-26(24-11-7-8-12-24)16-19-30(29)35(32)22-23-10-9-13-28(20-23)37-5/h7,9-11,13-21,24H,6,8,12,22H2,1-5H3. The van der Waals surface area contributed by atoms with Crippen LogP contribution in [0.2, 0.25) is 0 Å². The fraction of sp³-hybridized carbons (Fsp3) is 0.324. The monoisotopic (exact) mass is 507 g/mol. The Morgan fingerprint density at radius 3 is 2.47 bits per heavy atom. The highest BCUT2D eigenvalue weighted by atomic mass is 16.5. The van der Waals surface area contributed by atoms with Gasteiger partial charge in [-0.15, -0.1) is 0 Å². The van der Waals surface area contributed by atoms with Gasteiger partial charge in [0.1, 0.15) is 11.4 Å². The molecule has 0 N–H and O–H groups in total. The Morgan fingerprint density at radius 1 is 1.03 bits per heavy atom. The zero-order valence-electron chi connectivity index (χ0n) is 23.1. The van der Waals surface area contributed by atoms with Crippen molar-refractivity contribution in [2.75, 3.05) is 13.7 Å². The summed E-state index contributed by atoms with van der Waals surface area (Å²) in [6.07, 6.45) is 6.79. The highest BCUT2D eigenvalue weighted by Crippen LogP contribution is 2.40. The van der Waals surface area contributed by atoms with Gasteiger partial charge in [0.25, 0.3) is 0 Å². The van der Waals surface area contributed by atoms with Crippen molar-refractivity contribution in [3.05, 3.63) is 101 Å². The maximum absolute atomic E-state index is 13.6. The number of hydrogen-bond acceptors (Lipinski definition) is 3. The Kier molecular flexibility index (Phi) is 7.16. The Morgan fingerprint density at radius 2 is 1.82 bits per heavy atom. The molecule has 1 heterocycles. The molecule has 1 aliphatic carbocycles. The SMILES string of the molecule is CCOC(=O)c1c(-c2ccc(C(C)(C)C)cc2)c2cc(C3C=CCC3)ccc2n1Cc1cccc(OC)c1. The summed E-state index contributed by atoms with van der Waals surface area (Å²) in [4.78, 5) is 13.6. The summed E-state index contributed by atoms with van der Waals surface area (Å²) in [7, 11) is 1.67. The van der Waals surface area contributed by atoms with Crippen molar-refractivity contribution in [2.45, 2.75) is 58.4 Å². The van der Waals surface area contributed by atoms with Gasteiger partial charge in [-0.3, -0.25) is 0 Å². The molecule has 0 aliphatic heterocycles. The average molecular weight is 508 g/mol. The van der Waals surface area contributed by atoms with E-state index in [2.05, 4.69) is 86.0 Å². The molecule has 0 fully saturated rings. The molecule has 0 spiro atoms. The summed E-state index contributed by atoms with van der Waals surface area (Å²) >= 11 is 0. The molecule has 1 aromatic heterocycles. The predicted molar refractivity (Wildman–Crippen MR) is 155 cm³/mol. The van der Waals surface area contributed by atoms with Gasteiger partial charge in [-0.2, -0.15) is 0 Å². The van der Waals surface area contributed by atoms with Gasteiger partial charge in [0.05, 0.1) is 13.7 Å². The highest BCUT2D eigenvalue weighted by Gasteiger charge is 2.27. The quantitative estimate of drug-likeness (QED) is 0.187. The van der Waals surface area contributed by atoms with Gasteiger partial charge in [-0.1, -0.05) is 75.4 Å². The third-order valence-corrected chi connectivity index (χ3v) is 7.51. The van der Waals surface area contributed by atoms with E-state index in [1.165, 1.54) is 11.1 Å². The summed E-state index contributed by atoms with van der Waals surface area (Å²) in [5.41, 5.74) is 7.22.